The van der Waals surface area contributed by atoms with E-state index in [1.807, 2.05) is 12.1 Å². The quantitative estimate of drug-likeness (QED) is 0.834. The molecule has 0 aliphatic heterocycles. The summed E-state index contributed by atoms with van der Waals surface area (Å²) in [5.74, 6) is -0.520. The van der Waals surface area contributed by atoms with E-state index >= 15 is 0 Å². The average molecular weight is 374 g/mol. The minimum atomic E-state index is -0.733. The predicted octanol–water partition coefficient (Wildman–Crippen LogP) is 4.39. The first-order valence-corrected chi connectivity index (χ1v) is 7.29. The Labute approximate surface area is 135 Å². The normalized spacial score (nSPS) is 11.9. The predicted molar refractivity (Wildman–Crippen MR) is 86.2 cm³/mol. The van der Waals surface area contributed by atoms with Crippen LogP contribution in [0.25, 0.3) is 0 Å². The summed E-state index contributed by atoms with van der Waals surface area (Å²) < 4.78 is 0.741. The highest BCUT2D eigenvalue weighted by atomic mass is 79.9. The lowest BCUT2D eigenvalue weighted by Crippen LogP contribution is -2.28. The van der Waals surface area contributed by atoms with Crippen LogP contribution in [0.15, 0.2) is 46.9 Å². The van der Waals surface area contributed by atoms with Crippen LogP contribution in [0.4, 0.5) is 5.69 Å². The number of carbonyl (C=O) groups is 1. The van der Waals surface area contributed by atoms with Crippen LogP contribution in [0.3, 0.4) is 0 Å². The van der Waals surface area contributed by atoms with Crippen LogP contribution >= 0.6 is 39.1 Å². The standard InChI is InChI=1S/C14H11BrCl2N2O/c15-10-6-5-8(16)7-9(10)13(14(18)20)19-12-4-2-1-3-11(12)17/h1-7,13,19H,(H2,18,20). The first-order chi connectivity index (χ1) is 9.49. The number of nitrogens with one attached hydrogen (secondary N) is 1. The van der Waals surface area contributed by atoms with Crippen LogP contribution in [0.5, 0.6) is 0 Å². The average Bonchev–Trinajstić information content (AvgIpc) is 2.40. The maximum atomic E-state index is 11.7. The fourth-order valence-corrected chi connectivity index (χ4v) is 2.62. The van der Waals surface area contributed by atoms with Gasteiger partial charge in [-0.2, -0.15) is 0 Å². The van der Waals surface area contributed by atoms with Gasteiger partial charge in [0.05, 0.1) is 10.7 Å². The molecule has 6 heteroatoms. The van der Waals surface area contributed by atoms with Gasteiger partial charge in [0.25, 0.3) is 0 Å². The van der Waals surface area contributed by atoms with E-state index in [0.29, 0.717) is 21.3 Å². The second-order valence-electron chi connectivity index (χ2n) is 4.13. The molecule has 1 atom stereocenters. The summed E-state index contributed by atoms with van der Waals surface area (Å²) in [6.07, 6.45) is 0. The molecule has 0 heterocycles. The largest absolute Gasteiger partial charge is 0.369 e. The van der Waals surface area contributed by atoms with Crippen LogP contribution in [0, 0.1) is 0 Å². The molecule has 2 aromatic carbocycles. The lowest BCUT2D eigenvalue weighted by Gasteiger charge is -2.19. The van der Waals surface area contributed by atoms with Crippen molar-refractivity contribution in [3.63, 3.8) is 0 Å². The van der Waals surface area contributed by atoms with Gasteiger partial charge in [-0.1, -0.05) is 51.3 Å². The Kier molecular flexibility index (Phi) is 4.91. The molecule has 2 aromatic rings. The third kappa shape index (κ3) is 3.45. The number of nitrogens with two attached hydrogens (primary N) is 1. The zero-order valence-electron chi connectivity index (χ0n) is 10.2. The molecule has 1 amide bonds. The van der Waals surface area contributed by atoms with Gasteiger partial charge < -0.3 is 11.1 Å². The Morgan fingerprint density at radius 2 is 1.90 bits per heavy atom. The van der Waals surface area contributed by atoms with Gasteiger partial charge in [-0.15, -0.1) is 0 Å². The molecule has 0 saturated carbocycles. The molecule has 1 unspecified atom stereocenters. The van der Waals surface area contributed by atoms with E-state index in [1.54, 1.807) is 30.3 Å². The molecular weight excluding hydrogens is 363 g/mol. The first kappa shape index (κ1) is 15.2. The van der Waals surface area contributed by atoms with Crippen LogP contribution in [-0.4, -0.2) is 5.91 Å². The van der Waals surface area contributed by atoms with E-state index < -0.39 is 11.9 Å². The summed E-state index contributed by atoms with van der Waals surface area (Å²) in [6.45, 7) is 0. The Balaban J connectivity index is 2.40. The van der Waals surface area contributed by atoms with Crippen molar-refractivity contribution in [1.29, 1.82) is 0 Å². The third-order valence-corrected chi connectivity index (χ3v) is 4.01. The van der Waals surface area contributed by atoms with Crippen molar-refractivity contribution in [2.24, 2.45) is 5.73 Å². The lowest BCUT2D eigenvalue weighted by atomic mass is 10.1. The number of benzene rings is 2. The molecule has 104 valence electrons. The van der Waals surface area contributed by atoms with Crippen molar-refractivity contribution in [2.75, 3.05) is 5.32 Å². The molecule has 3 nitrogen and oxygen atoms in total. The summed E-state index contributed by atoms with van der Waals surface area (Å²) in [6, 6.07) is 11.6. The number of para-hydroxylation sites is 1. The molecule has 0 bridgehead atoms. The Morgan fingerprint density at radius 1 is 1.20 bits per heavy atom. The SMILES string of the molecule is NC(=O)C(Nc1ccccc1Cl)c1cc(Cl)ccc1Br. The topological polar surface area (TPSA) is 55.1 Å². The third-order valence-electron chi connectivity index (χ3n) is 2.73. The van der Waals surface area contributed by atoms with E-state index in [-0.39, 0.29) is 0 Å². The highest BCUT2D eigenvalue weighted by molar-refractivity contribution is 9.10. The minimum absolute atomic E-state index is 0.511. The maximum Gasteiger partial charge on any atom is 0.244 e. The molecule has 0 aliphatic carbocycles. The van der Waals surface area contributed by atoms with Crippen molar-refractivity contribution in [3.05, 3.63) is 62.5 Å². The molecule has 0 spiro atoms. The molecule has 3 N–H and O–H groups in total. The van der Waals surface area contributed by atoms with Crippen molar-refractivity contribution in [2.45, 2.75) is 6.04 Å². The molecule has 0 radical (unpaired) electrons. The fourth-order valence-electron chi connectivity index (χ4n) is 1.77. The van der Waals surface area contributed by atoms with E-state index in [9.17, 15) is 4.79 Å². The van der Waals surface area contributed by atoms with Gasteiger partial charge in [0.2, 0.25) is 5.91 Å². The van der Waals surface area contributed by atoms with Crippen molar-refractivity contribution >= 4 is 50.7 Å². The molecule has 20 heavy (non-hydrogen) atoms. The number of hydrogen-bond acceptors (Lipinski definition) is 2. The van der Waals surface area contributed by atoms with E-state index in [2.05, 4.69) is 21.2 Å². The van der Waals surface area contributed by atoms with Gasteiger partial charge in [-0.3, -0.25) is 4.79 Å². The van der Waals surface area contributed by atoms with E-state index in [0.717, 1.165) is 4.47 Å². The number of carbonyl (C=O) groups excluding carboxylic acids is 1. The number of amides is 1. The first-order valence-electron chi connectivity index (χ1n) is 5.74. The van der Waals surface area contributed by atoms with Gasteiger partial charge in [0.15, 0.2) is 0 Å². The number of rotatable bonds is 4. The Morgan fingerprint density at radius 3 is 2.55 bits per heavy atom. The summed E-state index contributed by atoms with van der Waals surface area (Å²) in [7, 11) is 0. The highest BCUT2D eigenvalue weighted by Gasteiger charge is 2.21. The second-order valence-corrected chi connectivity index (χ2v) is 5.82. The molecule has 0 aliphatic rings. The van der Waals surface area contributed by atoms with Crippen molar-refractivity contribution in [1.82, 2.24) is 0 Å². The minimum Gasteiger partial charge on any atom is -0.369 e. The maximum absolute atomic E-state index is 11.7. The van der Waals surface area contributed by atoms with Gasteiger partial charge in [0.1, 0.15) is 6.04 Å². The van der Waals surface area contributed by atoms with Gasteiger partial charge in [-0.05, 0) is 35.9 Å². The molecule has 0 saturated heterocycles. The summed E-state index contributed by atoms with van der Waals surface area (Å²) in [5, 5.41) is 4.07. The molecule has 0 fully saturated rings. The molecular formula is C14H11BrCl2N2O. The second kappa shape index (κ2) is 6.48. The number of halogens is 3. The summed E-state index contributed by atoms with van der Waals surface area (Å²) in [5.41, 5.74) is 6.76. The van der Waals surface area contributed by atoms with Crippen LogP contribution in [0.1, 0.15) is 11.6 Å². The monoisotopic (exact) mass is 372 g/mol. The van der Waals surface area contributed by atoms with Crippen molar-refractivity contribution < 1.29 is 4.79 Å². The van der Waals surface area contributed by atoms with Crippen LogP contribution in [0.2, 0.25) is 10.0 Å². The number of anilines is 1. The van der Waals surface area contributed by atoms with Gasteiger partial charge in [0, 0.05) is 9.50 Å². The zero-order valence-corrected chi connectivity index (χ0v) is 13.3. The Bertz CT molecular complexity index is 649. The van der Waals surface area contributed by atoms with E-state index in [1.165, 1.54) is 0 Å². The highest BCUT2D eigenvalue weighted by Crippen LogP contribution is 2.31. The smallest absolute Gasteiger partial charge is 0.244 e. The van der Waals surface area contributed by atoms with Gasteiger partial charge >= 0.3 is 0 Å². The van der Waals surface area contributed by atoms with Crippen LogP contribution in [-0.2, 0) is 4.79 Å². The van der Waals surface area contributed by atoms with Crippen LogP contribution < -0.4 is 11.1 Å². The number of primary amides is 1. The van der Waals surface area contributed by atoms with E-state index in [4.69, 9.17) is 28.9 Å². The number of hydrogen-bond donors (Lipinski definition) is 2. The lowest BCUT2D eigenvalue weighted by molar-refractivity contribution is -0.118. The zero-order chi connectivity index (χ0) is 14.7. The summed E-state index contributed by atoms with van der Waals surface area (Å²) in [4.78, 5) is 11.7. The molecule has 0 aromatic heterocycles. The Hall–Kier alpha value is -1.23. The van der Waals surface area contributed by atoms with Crippen molar-refractivity contribution in [3.8, 4) is 0 Å². The fraction of sp³-hybridized carbons (Fsp3) is 0.0714. The summed E-state index contributed by atoms with van der Waals surface area (Å²) >= 11 is 15.4. The van der Waals surface area contributed by atoms with Gasteiger partial charge in [-0.25, -0.2) is 0 Å². The molecule has 2 rings (SSSR count).